The fourth-order valence-electron chi connectivity index (χ4n) is 8.54. The summed E-state index contributed by atoms with van der Waals surface area (Å²) in [5, 5.41) is 58.3. The monoisotopic (exact) mass is 952 g/mol. The van der Waals surface area contributed by atoms with E-state index in [1.54, 1.807) is 54.6 Å². The highest BCUT2D eigenvalue weighted by atomic mass is 16.6. The molecule has 0 fully saturated rings. The highest BCUT2D eigenvalue weighted by Gasteiger charge is 2.52. The van der Waals surface area contributed by atoms with Crippen LogP contribution in [0.2, 0.25) is 0 Å². The molecule has 0 aliphatic carbocycles. The van der Waals surface area contributed by atoms with Crippen molar-refractivity contribution in [2.75, 3.05) is 0 Å². The highest BCUT2D eigenvalue weighted by molar-refractivity contribution is 6.75. The molecule has 0 aromatic heterocycles. The largest absolute Gasteiger partial charge is 0.508 e. The van der Waals surface area contributed by atoms with E-state index in [4.69, 9.17) is 40.7 Å². The molecule has 6 rings (SSSR count). The number of phenolic OH excluding ortho intramolecular Hbond substituents is 1. The average Bonchev–Trinajstić information content (AvgIpc) is 3.38. The number of hydrogen-bond donors (Lipinski definition) is 8. The van der Waals surface area contributed by atoms with Gasteiger partial charge < -0.3 is 66.1 Å². The summed E-state index contributed by atoms with van der Waals surface area (Å²) in [5.74, 6) is 2.64. The third kappa shape index (κ3) is 13.8. The Balaban J connectivity index is 1.48. The van der Waals surface area contributed by atoms with Crippen LogP contribution in [0.4, 0.5) is 0 Å². The van der Waals surface area contributed by atoms with E-state index in [2.05, 4.69) is 6.92 Å². The average molecular weight is 952 g/mol. The van der Waals surface area contributed by atoms with Crippen LogP contribution in [0.15, 0.2) is 127 Å². The quantitative estimate of drug-likeness (QED) is 0.0193. The fraction of sp³-hybridized carbons (Fsp3) is 0.333. The van der Waals surface area contributed by atoms with Gasteiger partial charge in [-0.1, -0.05) is 94.5 Å². The standard InChI is InChI=1S/C54H68B3N3O10/c1-5-7-9-29-54(4,70-57(65)51-32-48(26-27-52(51)63)68-45-22-14-40(35-60)15-23-45)56(50-31-47(25-17-42(50)37-62)67-44-20-12-39(34-59)13-21-44)69-53(3,28-8-6-2)55(64)49-30-46(24-16-41(49)36-61)66-43-18-10-38(33-58)11-19-43/h10-27,30-32,61-65H,5-9,28-29,33-37,58-60H2,1-4H3. The summed E-state index contributed by atoms with van der Waals surface area (Å²) in [6.45, 7) is 5.69. The maximum Gasteiger partial charge on any atom is 0.495 e. The lowest BCUT2D eigenvalue weighted by molar-refractivity contribution is 0.0741. The molecule has 368 valence electrons. The second-order valence-electron chi connectivity index (χ2n) is 18.2. The van der Waals surface area contributed by atoms with Crippen molar-refractivity contribution in [1.82, 2.24) is 0 Å². The van der Waals surface area contributed by atoms with Gasteiger partial charge >= 0.3 is 20.9 Å². The third-order valence-corrected chi connectivity index (χ3v) is 12.8. The smallest absolute Gasteiger partial charge is 0.495 e. The number of hydrogen-bond acceptors (Lipinski definition) is 13. The molecule has 0 amide bonds. The normalized spacial score (nSPS) is 13.0. The zero-order valence-electron chi connectivity index (χ0n) is 40.9. The Labute approximate surface area is 413 Å². The summed E-state index contributed by atoms with van der Waals surface area (Å²) in [6.07, 6.45) is 4.40. The number of aliphatic hydroxyl groups is 2. The molecule has 16 heteroatoms. The molecule has 70 heavy (non-hydrogen) atoms. The third-order valence-electron chi connectivity index (χ3n) is 12.8. The number of nitrogens with two attached hydrogens (primary N) is 3. The summed E-state index contributed by atoms with van der Waals surface area (Å²) >= 11 is 0. The molecule has 0 radical (unpaired) electrons. The maximum atomic E-state index is 12.9. The Hall–Kier alpha value is -5.65. The van der Waals surface area contributed by atoms with Gasteiger partial charge in [-0.25, -0.2) is 0 Å². The van der Waals surface area contributed by atoms with Crippen LogP contribution < -0.4 is 47.8 Å². The molecule has 0 saturated carbocycles. The Kier molecular flexibility index (Phi) is 19.5. The minimum atomic E-state index is -1.72. The fourth-order valence-corrected chi connectivity index (χ4v) is 8.54. The van der Waals surface area contributed by atoms with Gasteiger partial charge in [-0.3, -0.25) is 0 Å². The second-order valence-corrected chi connectivity index (χ2v) is 18.2. The molecule has 0 heterocycles. The SMILES string of the molecule is CCCCCC(C)(OB(O)c1cc(Oc2ccc(CN)cc2)ccc1O)B(OC(C)(CCCC)B(O)c1cc(Oc2ccc(CN)cc2)ccc1CO)c1cc(Oc2ccc(CN)cc2)ccc1CO. The number of phenols is 1. The van der Waals surface area contributed by atoms with E-state index in [0.29, 0.717) is 102 Å². The number of benzene rings is 6. The molecule has 11 N–H and O–H groups in total. The first-order chi connectivity index (χ1) is 33.8. The van der Waals surface area contributed by atoms with Crippen LogP contribution in [-0.2, 0) is 42.2 Å². The summed E-state index contributed by atoms with van der Waals surface area (Å²) in [6, 6.07) is 37.2. The van der Waals surface area contributed by atoms with E-state index < -0.39 is 38.6 Å². The van der Waals surface area contributed by atoms with Crippen LogP contribution in [-0.4, -0.2) is 57.3 Å². The zero-order chi connectivity index (χ0) is 50.3. The molecule has 2 unspecified atom stereocenters. The van der Waals surface area contributed by atoms with Crippen molar-refractivity contribution in [2.24, 2.45) is 17.2 Å². The Morgan fingerprint density at radius 3 is 1.31 bits per heavy atom. The van der Waals surface area contributed by atoms with E-state index in [9.17, 15) is 25.4 Å². The predicted molar refractivity (Wildman–Crippen MR) is 279 cm³/mol. The number of aliphatic hydroxyl groups excluding tert-OH is 2. The van der Waals surface area contributed by atoms with E-state index in [-0.39, 0.29) is 17.8 Å². The van der Waals surface area contributed by atoms with Crippen molar-refractivity contribution in [3.8, 4) is 40.2 Å². The molecular formula is C54H68B3N3O10. The predicted octanol–water partition coefficient (Wildman–Crippen LogP) is 7.01. The summed E-state index contributed by atoms with van der Waals surface area (Å²) in [5.41, 5.74) is 19.4. The van der Waals surface area contributed by atoms with Gasteiger partial charge in [0.05, 0.1) is 24.2 Å². The van der Waals surface area contributed by atoms with Gasteiger partial charge in [0.25, 0.3) is 0 Å². The van der Waals surface area contributed by atoms with Gasteiger partial charge in [0, 0.05) is 25.1 Å². The number of ether oxygens (including phenoxy) is 3. The maximum absolute atomic E-state index is 12.9. The topological polar surface area (TPSA) is 225 Å². The van der Waals surface area contributed by atoms with Crippen LogP contribution in [0.3, 0.4) is 0 Å². The lowest BCUT2D eigenvalue weighted by Gasteiger charge is -2.44. The highest BCUT2D eigenvalue weighted by Crippen LogP contribution is 2.34. The Bertz CT molecular complexity index is 2570. The lowest BCUT2D eigenvalue weighted by Crippen LogP contribution is -2.66. The molecule has 6 aromatic rings. The van der Waals surface area contributed by atoms with Crippen molar-refractivity contribution in [2.45, 2.75) is 116 Å². The lowest BCUT2D eigenvalue weighted by atomic mass is 9.41. The van der Waals surface area contributed by atoms with Crippen LogP contribution in [0, 0.1) is 0 Å². The summed E-state index contributed by atoms with van der Waals surface area (Å²) in [4.78, 5) is 0. The van der Waals surface area contributed by atoms with Crippen LogP contribution in [0.1, 0.15) is 100 Å². The van der Waals surface area contributed by atoms with E-state index in [0.717, 1.165) is 36.0 Å². The second kappa shape index (κ2) is 25.5. The molecule has 0 spiro atoms. The number of aromatic hydroxyl groups is 1. The molecule has 0 saturated heterocycles. The van der Waals surface area contributed by atoms with E-state index in [1.807, 2.05) is 81.4 Å². The van der Waals surface area contributed by atoms with E-state index in [1.165, 1.54) is 12.1 Å². The van der Waals surface area contributed by atoms with Gasteiger partial charge in [-0.2, -0.15) is 0 Å². The van der Waals surface area contributed by atoms with Gasteiger partial charge in [0.2, 0.25) is 0 Å². The molecule has 2 atom stereocenters. The van der Waals surface area contributed by atoms with Crippen LogP contribution in [0.5, 0.6) is 40.2 Å². The summed E-state index contributed by atoms with van der Waals surface area (Å²) in [7, 11) is -1.72. The first-order valence-electron chi connectivity index (χ1n) is 24.2. The van der Waals surface area contributed by atoms with Crippen molar-refractivity contribution in [3.05, 3.63) is 155 Å². The number of unbranched alkanes of at least 4 members (excludes halogenated alkanes) is 3. The van der Waals surface area contributed by atoms with Gasteiger partial charge in [-0.05, 0) is 144 Å². The minimum Gasteiger partial charge on any atom is -0.508 e. The van der Waals surface area contributed by atoms with Crippen molar-refractivity contribution < 1.29 is 48.9 Å². The molecule has 0 aliphatic rings. The first-order valence-corrected chi connectivity index (χ1v) is 24.2. The van der Waals surface area contributed by atoms with Crippen molar-refractivity contribution in [3.63, 3.8) is 0 Å². The van der Waals surface area contributed by atoms with Crippen molar-refractivity contribution in [1.29, 1.82) is 0 Å². The van der Waals surface area contributed by atoms with Crippen molar-refractivity contribution >= 4 is 37.3 Å². The van der Waals surface area contributed by atoms with Gasteiger partial charge in [0.1, 0.15) is 40.2 Å². The Morgan fingerprint density at radius 1 is 0.471 bits per heavy atom. The molecular weight excluding hydrogens is 883 g/mol. The first kappa shape index (κ1) is 53.7. The van der Waals surface area contributed by atoms with Gasteiger partial charge in [-0.15, -0.1) is 0 Å². The van der Waals surface area contributed by atoms with E-state index >= 15 is 0 Å². The zero-order valence-corrected chi connectivity index (χ0v) is 40.9. The molecule has 6 aromatic carbocycles. The number of rotatable bonds is 27. The summed E-state index contributed by atoms with van der Waals surface area (Å²) < 4.78 is 33.2. The minimum absolute atomic E-state index is 0.0489. The van der Waals surface area contributed by atoms with Crippen LogP contribution in [0.25, 0.3) is 0 Å². The van der Waals surface area contributed by atoms with Gasteiger partial charge in [0.15, 0.2) is 0 Å². The van der Waals surface area contributed by atoms with Crippen LogP contribution >= 0.6 is 0 Å². The molecule has 13 nitrogen and oxygen atoms in total. The molecule has 0 bridgehead atoms. The molecule has 0 aliphatic heterocycles. The Morgan fingerprint density at radius 2 is 0.871 bits per heavy atom.